The second-order valence-electron chi connectivity index (χ2n) is 7.73. The largest absolute Gasteiger partial charge is 0.362 e. The molecule has 5 rings (SSSR count). The highest BCUT2D eigenvalue weighted by Crippen LogP contribution is 2.56. The van der Waals surface area contributed by atoms with E-state index in [0.29, 0.717) is 11.6 Å². The summed E-state index contributed by atoms with van der Waals surface area (Å²) in [5.41, 5.74) is 4.09. The zero-order valence-electron chi connectivity index (χ0n) is 14.4. The van der Waals surface area contributed by atoms with Crippen molar-refractivity contribution in [1.82, 2.24) is 4.98 Å². The molecule has 1 aliphatic heterocycles. The Balaban J connectivity index is 1.66. The summed E-state index contributed by atoms with van der Waals surface area (Å²) in [7, 11) is 0. The molecule has 0 radical (unpaired) electrons. The van der Waals surface area contributed by atoms with Gasteiger partial charge in [-0.25, -0.2) is 4.90 Å². The molecule has 2 aliphatic carbocycles. The minimum atomic E-state index is -0.313. The SMILES string of the molecule is Cc1cc2c([nH]1)[C@@H]1CCCC[C@@H]1[C@@H]1C(=O)N(c3ccccc3)C(=O)[C@H]21. The number of benzene rings is 1. The van der Waals surface area contributed by atoms with E-state index in [1.165, 1.54) is 17.0 Å². The number of nitrogens with zero attached hydrogens (tertiary/aromatic N) is 1. The number of para-hydroxylation sites is 1. The van der Waals surface area contributed by atoms with Gasteiger partial charge in [-0.1, -0.05) is 31.0 Å². The molecule has 128 valence electrons. The van der Waals surface area contributed by atoms with Gasteiger partial charge in [-0.05, 0) is 49.4 Å². The first-order valence-corrected chi connectivity index (χ1v) is 9.29. The first-order chi connectivity index (χ1) is 12.2. The number of hydrogen-bond donors (Lipinski definition) is 1. The van der Waals surface area contributed by atoms with E-state index in [4.69, 9.17) is 0 Å². The maximum absolute atomic E-state index is 13.3. The van der Waals surface area contributed by atoms with Gasteiger partial charge in [0.1, 0.15) is 0 Å². The molecule has 2 fully saturated rings. The third-order valence-electron chi connectivity index (χ3n) is 6.37. The van der Waals surface area contributed by atoms with Crippen LogP contribution in [0.3, 0.4) is 0 Å². The summed E-state index contributed by atoms with van der Waals surface area (Å²) in [5, 5.41) is 0. The number of carbonyl (C=O) groups is 2. The Bertz CT molecular complexity index is 854. The molecular weight excluding hydrogens is 312 g/mol. The summed E-state index contributed by atoms with van der Waals surface area (Å²) in [4.78, 5) is 31.6. The summed E-state index contributed by atoms with van der Waals surface area (Å²) < 4.78 is 0. The summed E-state index contributed by atoms with van der Waals surface area (Å²) in [6.07, 6.45) is 4.53. The first kappa shape index (κ1) is 14.9. The standard InChI is InChI=1S/C21H22N2O2/c1-12-11-16-18-17(14-9-5-6-10-15(14)19(16)22-12)20(24)23(21(18)25)13-7-3-2-4-8-13/h2-4,7-8,11,14-15,17-18,22H,5-6,9-10H2,1H3/t14-,15+,17-,18+/m0/s1. The van der Waals surface area contributed by atoms with E-state index in [1.54, 1.807) is 0 Å². The number of nitrogens with one attached hydrogen (secondary N) is 1. The van der Waals surface area contributed by atoms with Crippen molar-refractivity contribution in [3.05, 3.63) is 53.3 Å². The van der Waals surface area contributed by atoms with Gasteiger partial charge in [-0.2, -0.15) is 0 Å². The number of aromatic amines is 1. The molecule has 0 unspecified atom stereocenters. The highest BCUT2D eigenvalue weighted by molar-refractivity contribution is 6.24. The fourth-order valence-corrected chi connectivity index (χ4v) is 5.42. The third-order valence-corrected chi connectivity index (χ3v) is 6.37. The van der Waals surface area contributed by atoms with E-state index in [2.05, 4.69) is 11.1 Å². The molecule has 1 N–H and O–H groups in total. The van der Waals surface area contributed by atoms with Crippen LogP contribution in [0.5, 0.6) is 0 Å². The van der Waals surface area contributed by atoms with Gasteiger partial charge in [-0.15, -0.1) is 0 Å². The molecule has 1 aromatic carbocycles. The summed E-state index contributed by atoms with van der Waals surface area (Å²) in [5.74, 6) is 0.126. The maximum Gasteiger partial charge on any atom is 0.242 e. The van der Waals surface area contributed by atoms with E-state index < -0.39 is 0 Å². The van der Waals surface area contributed by atoms with Crippen LogP contribution < -0.4 is 4.90 Å². The molecule has 4 nitrogen and oxygen atoms in total. The average Bonchev–Trinajstić information content (AvgIpc) is 3.13. The number of H-pyrrole nitrogens is 1. The van der Waals surface area contributed by atoms with Gasteiger partial charge in [0.15, 0.2) is 0 Å². The minimum Gasteiger partial charge on any atom is -0.362 e. The van der Waals surface area contributed by atoms with Crippen molar-refractivity contribution in [3.63, 3.8) is 0 Å². The quantitative estimate of drug-likeness (QED) is 0.805. The topological polar surface area (TPSA) is 53.2 Å². The predicted molar refractivity (Wildman–Crippen MR) is 95.4 cm³/mol. The normalized spacial score (nSPS) is 30.8. The van der Waals surface area contributed by atoms with E-state index in [1.807, 2.05) is 37.3 Å². The number of fused-ring (bicyclic) bond motifs is 6. The summed E-state index contributed by atoms with van der Waals surface area (Å²) in [6, 6.07) is 11.5. The van der Waals surface area contributed by atoms with Gasteiger partial charge in [0.05, 0.1) is 17.5 Å². The van der Waals surface area contributed by atoms with E-state index in [-0.39, 0.29) is 29.6 Å². The van der Waals surface area contributed by atoms with E-state index in [9.17, 15) is 9.59 Å². The molecule has 1 aromatic heterocycles. The number of carbonyl (C=O) groups excluding carboxylic acids is 2. The van der Waals surface area contributed by atoms with Crippen molar-refractivity contribution in [2.24, 2.45) is 11.8 Å². The smallest absolute Gasteiger partial charge is 0.242 e. The van der Waals surface area contributed by atoms with Gasteiger partial charge in [0.25, 0.3) is 0 Å². The lowest BCUT2D eigenvalue weighted by Gasteiger charge is -2.40. The zero-order chi connectivity index (χ0) is 17.1. The lowest BCUT2D eigenvalue weighted by atomic mass is 9.62. The molecule has 2 amide bonds. The third kappa shape index (κ3) is 2.00. The Hall–Kier alpha value is -2.36. The molecule has 1 saturated carbocycles. The fourth-order valence-electron chi connectivity index (χ4n) is 5.42. The van der Waals surface area contributed by atoms with Crippen LogP contribution in [0, 0.1) is 18.8 Å². The molecule has 2 aromatic rings. The molecule has 25 heavy (non-hydrogen) atoms. The van der Waals surface area contributed by atoms with Crippen LogP contribution in [-0.4, -0.2) is 16.8 Å². The number of hydrogen-bond acceptors (Lipinski definition) is 2. The number of aromatic nitrogens is 1. The van der Waals surface area contributed by atoms with Crippen molar-refractivity contribution < 1.29 is 9.59 Å². The van der Waals surface area contributed by atoms with Crippen molar-refractivity contribution in [1.29, 1.82) is 0 Å². The van der Waals surface area contributed by atoms with Crippen LogP contribution in [0.15, 0.2) is 36.4 Å². The van der Waals surface area contributed by atoms with Gasteiger partial charge in [-0.3, -0.25) is 9.59 Å². The van der Waals surface area contributed by atoms with Crippen molar-refractivity contribution in [2.75, 3.05) is 4.90 Å². The lowest BCUT2D eigenvalue weighted by Crippen LogP contribution is -2.37. The van der Waals surface area contributed by atoms with Gasteiger partial charge in [0, 0.05) is 17.3 Å². The predicted octanol–water partition coefficient (Wildman–Crippen LogP) is 3.88. The fraction of sp³-hybridized carbons (Fsp3) is 0.429. The van der Waals surface area contributed by atoms with Crippen molar-refractivity contribution >= 4 is 17.5 Å². The van der Waals surface area contributed by atoms with Crippen LogP contribution in [0.25, 0.3) is 0 Å². The highest BCUT2D eigenvalue weighted by Gasteiger charge is 2.57. The zero-order valence-corrected chi connectivity index (χ0v) is 14.4. The average molecular weight is 334 g/mol. The monoisotopic (exact) mass is 334 g/mol. The van der Waals surface area contributed by atoms with Crippen LogP contribution in [0.1, 0.15) is 54.5 Å². The summed E-state index contributed by atoms with van der Waals surface area (Å²) >= 11 is 0. The molecular formula is C21H22N2O2. The molecule has 1 saturated heterocycles. The number of amides is 2. The Kier molecular flexibility index (Phi) is 3.18. The van der Waals surface area contributed by atoms with Gasteiger partial charge < -0.3 is 4.98 Å². The van der Waals surface area contributed by atoms with Crippen LogP contribution in [0.2, 0.25) is 0 Å². The van der Waals surface area contributed by atoms with Crippen LogP contribution in [-0.2, 0) is 9.59 Å². The molecule has 4 heteroatoms. The molecule has 3 aliphatic rings. The number of rotatable bonds is 1. The first-order valence-electron chi connectivity index (χ1n) is 9.29. The Labute approximate surface area is 147 Å². The van der Waals surface area contributed by atoms with Gasteiger partial charge in [0.2, 0.25) is 11.8 Å². The molecule has 2 heterocycles. The lowest BCUT2D eigenvalue weighted by molar-refractivity contribution is -0.123. The Morgan fingerprint density at radius 3 is 2.60 bits per heavy atom. The van der Waals surface area contributed by atoms with Crippen molar-refractivity contribution in [3.8, 4) is 0 Å². The second kappa shape index (κ2) is 5.32. The highest BCUT2D eigenvalue weighted by atomic mass is 16.2. The van der Waals surface area contributed by atoms with Crippen LogP contribution >= 0.6 is 0 Å². The minimum absolute atomic E-state index is 0.00241. The van der Waals surface area contributed by atoms with Crippen molar-refractivity contribution in [2.45, 2.75) is 44.4 Å². The molecule has 0 bridgehead atoms. The van der Waals surface area contributed by atoms with Gasteiger partial charge >= 0.3 is 0 Å². The van der Waals surface area contributed by atoms with E-state index >= 15 is 0 Å². The summed E-state index contributed by atoms with van der Waals surface area (Å²) in [6.45, 7) is 2.04. The maximum atomic E-state index is 13.3. The Morgan fingerprint density at radius 1 is 1.04 bits per heavy atom. The van der Waals surface area contributed by atoms with E-state index in [0.717, 1.165) is 30.5 Å². The number of anilines is 1. The van der Waals surface area contributed by atoms with Crippen LogP contribution in [0.4, 0.5) is 5.69 Å². The second-order valence-corrected chi connectivity index (χ2v) is 7.73. The molecule has 0 spiro atoms. The number of imide groups is 1. The number of aryl methyl sites for hydroxylation is 1. The molecule has 4 atom stereocenters. The Morgan fingerprint density at radius 2 is 1.80 bits per heavy atom.